The van der Waals surface area contributed by atoms with Gasteiger partial charge < -0.3 is 10.1 Å². The Kier molecular flexibility index (Phi) is 4.73. The van der Waals surface area contributed by atoms with E-state index in [1.54, 1.807) is 25.3 Å². The fourth-order valence-electron chi connectivity index (χ4n) is 2.40. The van der Waals surface area contributed by atoms with Gasteiger partial charge in [-0.3, -0.25) is 9.69 Å². The van der Waals surface area contributed by atoms with E-state index >= 15 is 0 Å². The van der Waals surface area contributed by atoms with Gasteiger partial charge in [-0.1, -0.05) is 25.4 Å². The Labute approximate surface area is 129 Å². The Morgan fingerprint density at radius 2 is 2.10 bits per heavy atom. The summed E-state index contributed by atoms with van der Waals surface area (Å²) in [5.41, 5.74) is 0.707. The SMILES string of the molecule is COc1ccc(Cl)cc1CN1C(=O)N[C@@H](CC(C)C)C1=O. The summed E-state index contributed by atoms with van der Waals surface area (Å²) in [4.78, 5) is 25.5. The Morgan fingerprint density at radius 1 is 1.38 bits per heavy atom. The van der Waals surface area contributed by atoms with Crippen LogP contribution in [0.1, 0.15) is 25.8 Å². The van der Waals surface area contributed by atoms with Crippen molar-refractivity contribution in [2.24, 2.45) is 5.92 Å². The van der Waals surface area contributed by atoms with Crippen molar-refractivity contribution in [1.82, 2.24) is 10.2 Å². The normalized spacial score (nSPS) is 18.3. The van der Waals surface area contributed by atoms with Gasteiger partial charge in [0.25, 0.3) is 5.91 Å². The molecule has 0 spiro atoms. The average molecular weight is 311 g/mol. The lowest BCUT2D eigenvalue weighted by molar-refractivity contribution is -0.128. The number of rotatable bonds is 5. The highest BCUT2D eigenvalue weighted by Gasteiger charge is 2.38. The van der Waals surface area contributed by atoms with Crippen LogP contribution in [0.15, 0.2) is 18.2 Å². The molecule has 1 aliphatic rings. The zero-order valence-corrected chi connectivity index (χ0v) is 13.1. The minimum atomic E-state index is -0.442. The molecule has 0 unspecified atom stereocenters. The minimum Gasteiger partial charge on any atom is -0.496 e. The highest BCUT2D eigenvalue weighted by Crippen LogP contribution is 2.26. The van der Waals surface area contributed by atoms with Crippen LogP contribution in [0.4, 0.5) is 4.79 Å². The molecule has 21 heavy (non-hydrogen) atoms. The monoisotopic (exact) mass is 310 g/mol. The molecule has 0 aromatic heterocycles. The third-order valence-corrected chi connectivity index (χ3v) is 3.62. The van der Waals surface area contributed by atoms with Gasteiger partial charge in [0.05, 0.1) is 13.7 Å². The van der Waals surface area contributed by atoms with E-state index in [-0.39, 0.29) is 18.5 Å². The number of benzene rings is 1. The largest absolute Gasteiger partial charge is 0.496 e. The average Bonchev–Trinajstić information content (AvgIpc) is 2.66. The van der Waals surface area contributed by atoms with Crippen molar-refractivity contribution in [2.45, 2.75) is 32.9 Å². The molecule has 1 fully saturated rings. The topological polar surface area (TPSA) is 58.6 Å². The van der Waals surface area contributed by atoms with E-state index in [9.17, 15) is 9.59 Å². The van der Waals surface area contributed by atoms with Gasteiger partial charge in [0.15, 0.2) is 0 Å². The van der Waals surface area contributed by atoms with Gasteiger partial charge in [-0.25, -0.2) is 4.79 Å². The maximum absolute atomic E-state index is 12.3. The Bertz CT molecular complexity index is 560. The van der Waals surface area contributed by atoms with E-state index in [4.69, 9.17) is 16.3 Å². The smallest absolute Gasteiger partial charge is 0.325 e. The first-order chi connectivity index (χ1) is 9.92. The molecule has 1 N–H and O–H groups in total. The first-order valence-corrected chi connectivity index (χ1v) is 7.24. The summed E-state index contributed by atoms with van der Waals surface area (Å²) < 4.78 is 5.24. The van der Waals surface area contributed by atoms with Crippen molar-refractivity contribution in [2.75, 3.05) is 7.11 Å². The predicted molar refractivity (Wildman–Crippen MR) is 80.3 cm³/mol. The second kappa shape index (κ2) is 6.35. The van der Waals surface area contributed by atoms with E-state index in [0.29, 0.717) is 28.7 Å². The zero-order valence-electron chi connectivity index (χ0n) is 12.4. The van der Waals surface area contributed by atoms with Gasteiger partial charge >= 0.3 is 6.03 Å². The van der Waals surface area contributed by atoms with Crippen molar-refractivity contribution in [3.63, 3.8) is 0 Å². The molecule has 1 heterocycles. The van der Waals surface area contributed by atoms with E-state index < -0.39 is 6.04 Å². The predicted octanol–water partition coefficient (Wildman–Crippen LogP) is 2.82. The molecule has 6 heteroatoms. The maximum Gasteiger partial charge on any atom is 0.325 e. The van der Waals surface area contributed by atoms with Gasteiger partial charge in [0.2, 0.25) is 0 Å². The number of imide groups is 1. The summed E-state index contributed by atoms with van der Waals surface area (Å²) in [6, 6.07) is 4.32. The number of hydrogen-bond acceptors (Lipinski definition) is 3. The molecule has 0 radical (unpaired) electrons. The number of carbonyl (C=O) groups is 2. The van der Waals surface area contributed by atoms with Crippen LogP contribution in [0.2, 0.25) is 5.02 Å². The number of amides is 3. The molecule has 1 aliphatic heterocycles. The number of halogens is 1. The molecule has 1 saturated heterocycles. The second-order valence-corrected chi connectivity index (χ2v) is 5.95. The summed E-state index contributed by atoms with van der Waals surface area (Å²) >= 11 is 5.97. The number of carbonyl (C=O) groups excluding carboxylic acids is 2. The molecule has 1 atom stereocenters. The number of ether oxygens (including phenoxy) is 1. The van der Waals surface area contributed by atoms with Crippen molar-refractivity contribution in [1.29, 1.82) is 0 Å². The van der Waals surface area contributed by atoms with E-state index in [1.165, 1.54) is 4.90 Å². The first kappa shape index (κ1) is 15.6. The van der Waals surface area contributed by atoms with Crippen LogP contribution in [-0.4, -0.2) is 30.0 Å². The molecule has 3 amide bonds. The van der Waals surface area contributed by atoms with Crippen molar-refractivity contribution in [3.8, 4) is 5.75 Å². The van der Waals surface area contributed by atoms with Crippen molar-refractivity contribution >= 4 is 23.5 Å². The standard InChI is InChI=1S/C15H19ClN2O3/c1-9(2)6-12-14(19)18(15(20)17-12)8-10-7-11(16)4-5-13(10)21-3/h4-5,7,9,12H,6,8H2,1-3H3,(H,17,20)/t12-/m0/s1. The molecule has 1 aromatic rings. The van der Waals surface area contributed by atoms with Crippen LogP contribution in [-0.2, 0) is 11.3 Å². The summed E-state index contributed by atoms with van der Waals surface area (Å²) in [5.74, 6) is 0.739. The molecule has 2 rings (SSSR count). The number of nitrogens with one attached hydrogen (secondary N) is 1. The third-order valence-electron chi connectivity index (χ3n) is 3.38. The highest BCUT2D eigenvalue weighted by atomic mass is 35.5. The Morgan fingerprint density at radius 3 is 2.71 bits per heavy atom. The number of methoxy groups -OCH3 is 1. The first-order valence-electron chi connectivity index (χ1n) is 6.86. The zero-order chi connectivity index (χ0) is 15.6. The highest BCUT2D eigenvalue weighted by molar-refractivity contribution is 6.30. The fraction of sp³-hybridized carbons (Fsp3) is 0.467. The van der Waals surface area contributed by atoms with E-state index in [1.807, 2.05) is 13.8 Å². The number of hydrogen-bond donors (Lipinski definition) is 1. The maximum atomic E-state index is 12.3. The quantitative estimate of drug-likeness (QED) is 0.851. The van der Waals surface area contributed by atoms with Crippen LogP contribution in [0.3, 0.4) is 0 Å². The van der Waals surface area contributed by atoms with Gasteiger partial charge in [-0.05, 0) is 30.5 Å². The molecule has 0 aliphatic carbocycles. The summed E-state index contributed by atoms with van der Waals surface area (Å²) in [6.07, 6.45) is 0.633. The number of nitrogens with zero attached hydrogens (tertiary/aromatic N) is 1. The van der Waals surface area contributed by atoms with Gasteiger partial charge in [0, 0.05) is 10.6 Å². The van der Waals surface area contributed by atoms with E-state index in [2.05, 4.69) is 5.32 Å². The molecular formula is C15H19ClN2O3. The fourth-order valence-corrected chi connectivity index (χ4v) is 2.59. The van der Waals surface area contributed by atoms with Crippen LogP contribution in [0, 0.1) is 5.92 Å². The van der Waals surface area contributed by atoms with E-state index in [0.717, 1.165) is 0 Å². The lowest BCUT2D eigenvalue weighted by Gasteiger charge is -2.16. The number of urea groups is 1. The summed E-state index contributed by atoms with van der Waals surface area (Å²) in [7, 11) is 1.54. The molecule has 1 aromatic carbocycles. The Hall–Kier alpha value is -1.75. The van der Waals surface area contributed by atoms with Crippen LogP contribution in [0.25, 0.3) is 0 Å². The van der Waals surface area contributed by atoms with Crippen LogP contribution >= 0.6 is 11.6 Å². The third kappa shape index (κ3) is 3.47. The van der Waals surface area contributed by atoms with Crippen LogP contribution < -0.4 is 10.1 Å². The second-order valence-electron chi connectivity index (χ2n) is 5.51. The van der Waals surface area contributed by atoms with Crippen LogP contribution in [0.5, 0.6) is 5.75 Å². The summed E-state index contributed by atoms with van der Waals surface area (Å²) in [6.45, 7) is 4.19. The lowest BCUT2D eigenvalue weighted by Crippen LogP contribution is -2.31. The Balaban J connectivity index is 2.18. The molecule has 114 valence electrons. The molecule has 5 nitrogen and oxygen atoms in total. The lowest BCUT2D eigenvalue weighted by atomic mass is 10.0. The van der Waals surface area contributed by atoms with Gasteiger partial charge in [0.1, 0.15) is 11.8 Å². The molecule has 0 saturated carbocycles. The van der Waals surface area contributed by atoms with Gasteiger partial charge in [-0.15, -0.1) is 0 Å². The minimum absolute atomic E-state index is 0.156. The summed E-state index contributed by atoms with van der Waals surface area (Å²) in [5, 5.41) is 3.26. The molecule has 0 bridgehead atoms. The van der Waals surface area contributed by atoms with Crippen molar-refractivity contribution in [3.05, 3.63) is 28.8 Å². The van der Waals surface area contributed by atoms with Crippen molar-refractivity contribution < 1.29 is 14.3 Å². The van der Waals surface area contributed by atoms with Gasteiger partial charge in [-0.2, -0.15) is 0 Å². The molecular weight excluding hydrogens is 292 g/mol.